The lowest BCUT2D eigenvalue weighted by Gasteiger charge is -2.22. The van der Waals surface area contributed by atoms with Crippen LogP contribution in [0.4, 0.5) is 16.2 Å². The Hall–Kier alpha value is -4.24. The van der Waals surface area contributed by atoms with Gasteiger partial charge >= 0.3 is 6.03 Å². The fraction of sp³-hybridized carbons (Fsp3) is 0.192. The molecule has 0 bridgehead atoms. The first kappa shape index (κ1) is 23.5. The predicted octanol–water partition coefficient (Wildman–Crippen LogP) is 4.44. The van der Waals surface area contributed by atoms with Crippen molar-refractivity contribution >= 4 is 40.8 Å². The Morgan fingerprint density at radius 1 is 1.03 bits per heavy atom. The number of nitrogens with one attached hydrogen (secondary N) is 1. The van der Waals surface area contributed by atoms with Gasteiger partial charge in [-0.05, 0) is 66.2 Å². The van der Waals surface area contributed by atoms with E-state index in [-0.39, 0.29) is 19.8 Å². The van der Waals surface area contributed by atoms with Gasteiger partial charge in [-0.3, -0.25) is 9.59 Å². The van der Waals surface area contributed by atoms with Gasteiger partial charge < -0.3 is 24.4 Å². The summed E-state index contributed by atoms with van der Waals surface area (Å²) in [5, 5.41) is 3.30. The lowest BCUT2D eigenvalue weighted by atomic mass is 10.1. The van der Waals surface area contributed by atoms with Crippen molar-refractivity contribution in [1.29, 1.82) is 0 Å². The van der Waals surface area contributed by atoms with Gasteiger partial charge in [0, 0.05) is 17.3 Å². The molecule has 5 rings (SSSR count). The minimum absolute atomic E-state index is 0.104. The van der Waals surface area contributed by atoms with Crippen LogP contribution in [0.2, 0.25) is 5.02 Å². The Labute approximate surface area is 212 Å². The number of urea groups is 1. The summed E-state index contributed by atoms with van der Waals surface area (Å²) in [7, 11) is 1.53. The summed E-state index contributed by atoms with van der Waals surface area (Å²) in [4.78, 5) is 42.3. The highest BCUT2D eigenvalue weighted by Gasteiger charge is 2.46. The fourth-order valence-electron chi connectivity index (χ4n) is 4.14. The predicted molar refractivity (Wildman–Crippen MR) is 132 cm³/mol. The number of hydrogen-bond donors (Lipinski definition) is 1. The van der Waals surface area contributed by atoms with Gasteiger partial charge in [-0.2, -0.15) is 0 Å². The second-order valence-electron chi connectivity index (χ2n) is 8.24. The van der Waals surface area contributed by atoms with Crippen LogP contribution in [0, 0.1) is 0 Å². The minimum Gasteiger partial charge on any atom is -0.497 e. The van der Waals surface area contributed by atoms with Crippen LogP contribution in [-0.4, -0.2) is 42.7 Å². The summed E-state index contributed by atoms with van der Waals surface area (Å²) >= 11 is 5.91. The summed E-state index contributed by atoms with van der Waals surface area (Å²) in [6.45, 7) is 0.228. The van der Waals surface area contributed by atoms with Gasteiger partial charge in [-0.25, -0.2) is 9.69 Å². The van der Waals surface area contributed by atoms with Gasteiger partial charge in [0.15, 0.2) is 11.5 Å². The van der Waals surface area contributed by atoms with Crippen molar-refractivity contribution in [3.63, 3.8) is 0 Å². The van der Waals surface area contributed by atoms with Gasteiger partial charge in [0.25, 0.3) is 5.91 Å². The van der Waals surface area contributed by atoms with Gasteiger partial charge in [0.05, 0.1) is 19.2 Å². The van der Waals surface area contributed by atoms with Crippen LogP contribution in [0.25, 0.3) is 0 Å². The zero-order valence-electron chi connectivity index (χ0n) is 19.3. The summed E-state index contributed by atoms with van der Waals surface area (Å²) in [6, 6.07) is 17.0. The van der Waals surface area contributed by atoms with E-state index in [1.807, 2.05) is 0 Å². The second-order valence-corrected chi connectivity index (χ2v) is 8.68. The number of imide groups is 1. The molecule has 9 nitrogen and oxygen atoms in total. The molecule has 3 aromatic rings. The Kier molecular flexibility index (Phi) is 6.39. The lowest BCUT2D eigenvalue weighted by molar-refractivity contribution is -0.124. The molecule has 0 radical (unpaired) electrons. The molecule has 10 heteroatoms. The molecule has 1 atom stereocenters. The van der Waals surface area contributed by atoms with Crippen LogP contribution >= 0.6 is 11.6 Å². The SMILES string of the molecule is COc1ccc(N2C(=O)[C@H](CC(=O)Nc3ccc(Cl)cc3)N(Cc3ccc4c(c3)OCO4)C2=O)cc1. The maximum Gasteiger partial charge on any atom is 0.332 e. The molecule has 36 heavy (non-hydrogen) atoms. The molecule has 4 amide bonds. The van der Waals surface area contributed by atoms with Gasteiger partial charge in [0.2, 0.25) is 12.7 Å². The van der Waals surface area contributed by atoms with Crippen LogP contribution in [-0.2, 0) is 16.1 Å². The van der Waals surface area contributed by atoms with Gasteiger partial charge in [-0.1, -0.05) is 17.7 Å². The van der Waals surface area contributed by atoms with Crippen molar-refractivity contribution in [3.8, 4) is 17.2 Å². The molecular formula is C26H22ClN3O6. The zero-order valence-corrected chi connectivity index (χ0v) is 20.0. The number of rotatable bonds is 7. The highest BCUT2D eigenvalue weighted by Crippen LogP contribution is 2.35. The van der Waals surface area contributed by atoms with Gasteiger partial charge in [0.1, 0.15) is 11.8 Å². The molecule has 0 aromatic heterocycles. The Morgan fingerprint density at radius 2 is 1.75 bits per heavy atom. The summed E-state index contributed by atoms with van der Waals surface area (Å²) < 4.78 is 16.0. The highest BCUT2D eigenvalue weighted by molar-refractivity contribution is 6.30. The highest BCUT2D eigenvalue weighted by atomic mass is 35.5. The maximum absolute atomic E-state index is 13.5. The lowest BCUT2D eigenvalue weighted by Crippen LogP contribution is -2.37. The van der Waals surface area contributed by atoms with Crippen LogP contribution < -0.4 is 24.4 Å². The Bertz CT molecular complexity index is 1310. The number of carbonyl (C=O) groups is 3. The molecule has 3 aromatic carbocycles. The minimum atomic E-state index is -1.00. The van der Waals surface area contributed by atoms with E-state index in [9.17, 15) is 14.4 Å². The van der Waals surface area contributed by atoms with E-state index in [2.05, 4.69) is 5.32 Å². The van der Waals surface area contributed by atoms with Crippen LogP contribution in [0.5, 0.6) is 17.2 Å². The summed E-state index contributed by atoms with van der Waals surface area (Å²) in [5.41, 5.74) is 1.66. The van der Waals surface area contributed by atoms with E-state index in [4.69, 9.17) is 25.8 Å². The van der Waals surface area contributed by atoms with E-state index in [1.165, 1.54) is 12.0 Å². The fourth-order valence-corrected chi connectivity index (χ4v) is 4.27. The molecule has 0 unspecified atom stereocenters. The molecule has 0 aliphatic carbocycles. The largest absolute Gasteiger partial charge is 0.497 e. The quantitative estimate of drug-likeness (QED) is 0.475. The van der Waals surface area contributed by atoms with Crippen LogP contribution in [0.3, 0.4) is 0 Å². The van der Waals surface area contributed by atoms with Crippen LogP contribution in [0.15, 0.2) is 66.7 Å². The summed E-state index contributed by atoms with van der Waals surface area (Å²) in [6.07, 6.45) is -0.218. The molecule has 1 fully saturated rings. The van der Waals surface area contributed by atoms with Crippen molar-refractivity contribution in [1.82, 2.24) is 4.90 Å². The van der Waals surface area contributed by atoms with Crippen LogP contribution in [0.1, 0.15) is 12.0 Å². The number of ether oxygens (including phenoxy) is 3. The third-order valence-electron chi connectivity index (χ3n) is 5.95. The number of benzene rings is 3. The third kappa shape index (κ3) is 4.65. The number of carbonyl (C=O) groups excluding carboxylic acids is 3. The average Bonchev–Trinajstić information content (AvgIpc) is 3.43. The van der Waals surface area contributed by atoms with Crippen molar-refractivity contribution in [2.24, 2.45) is 0 Å². The number of methoxy groups -OCH3 is 1. The molecule has 2 aliphatic rings. The molecule has 2 heterocycles. The molecule has 1 N–H and O–H groups in total. The monoisotopic (exact) mass is 507 g/mol. The van der Waals surface area contributed by atoms with E-state index >= 15 is 0 Å². The molecular weight excluding hydrogens is 486 g/mol. The number of nitrogens with zero attached hydrogens (tertiary/aromatic N) is 2. The van der Waals surface area contributed by atoms with E-state index in [0.717, 1.165) is 10.5 Å². The molecule has 0 spiro atoms. The molecule has 184 valence electrons. The smallest absolute Gasteiger partial charge is 0.332 e. The number of fused-ring (bicyclic) bond motifs is 1. The average molecular weight is 508 g/mol. The first-order valence-electron chi connectivity index (χ1n) is 11.2. The van der Waals surface area contributed by atoms with E-state index < -0.39 is 23.9 Å². The molecule has 1 saturated heterocycles. The van der Waals surface area contributed by atoms with Crippen molar-refractivity contribution in [2.45, 2.75) is 19.0 Å². The molecule has 2 aliphatic heterocycles. The number of anilines is 2. The van der Waals surface area contributed by atoms with Crippen molar-refractivity contribution in [2.75, 3.05) is 24.1 Å². The first-order chi connectivity index (χ1) is 17.4. The zero-order chi connectivity index (χ0) is 25.2. The Morgan fingerprint density at radius 3 is 2.47 bits per heavy atom. The van der Waals surface area contributed by atoms with Crippen molar-refractivity contribution < 1.29 is 28.6 Å². The maximum atomic E-state index is 13.5. The Balaban J connectivity index is 1.41. The van der Waals surface area contributed by atoms with E-state index in [0.29, 0.717) is 33.6 Å². The van der Waals surface area contributed by atoms with Crippen molar-refractivity contribution in [3.05, 3.63) is 77.3 Å². The van der Waals surface area contributed by atoms with E-state index in [1.54, 1.807) is 66.7 Å². The third-order valence-corrected chi connectivity index (χ3v) is 6.20. The number of hydrogen-bond acceptors (Lipinski definition) is 6. The van der Waals surface area contributed by atoms with Gasteiger partial charge in [-0.15, -0.1) is 0 Å². The molecule has 0 saturated carbocycles. The normalized spacial score (nSPS) is 16.4. The topological polar surface area (TPSA) is 97.4 Å². The second kappa shape index (κ2) is 9.79. The number of halogens is 1. The first-order valence-corrected chi connectivity index (χ1v) is 11.5. The summed E-state index contributed by atoms with van der Waals surface area (Å²) in [5.74, 6) is 0.873. The standard InChI is InChI=1S/C26H22ClN3O6/c1-34-20-9-7-19(8-10-20)30-25(32)21(13-24(31)28-18-5-3-17(27)4-6-18)29(26(30)33)14-16-2-11-22-23(12-16)36-15-35-22/h2-12,21H,13-15H2,1H3,(H,28,31)/t21-/m0/s1. The number of amides is 4.